The number of piperazine rings is 1. The Hall–Kier alpha value is -2.25. The molecule has 1 saturated heterocycles. The van der Waals surface area contributed by atoms with Gasteiger partial charge in [-0.05, 0) is 57.3 Å². The van der Waals surface area contributed by atoms with Crippen molar-refractivity contribution in [3.05, 3.63) is 47.3 Å². The number of hydrogen-bond acceptors (Lipinski definition) is 4. The third kappa shape index (κ3) is 4.93. The number of benzene rings is 1. The fourth-order valence-electron chi connectivity index (χ4n) is 3.22. The quantitative estimate of drug-likeness (QED) is 0.631. The van der Waals surface area contributed by atoms with Gasteiger partial charge in [0.15, 0.2) is 10.9 Å². The van der Waals surface area contributed by atoms with Crippen LogP contribution in [0.25, 0.3) is 0 Å². The molecule has 0 spiro atoms. The molecular weight excluding hydrogens is 358 g/mol. The number of nitrogens with zero attached hydrogens (tertiary/aromatic N) is 4. The van der Waals surface area contributed by atoms with Gasteiger partial charge >= 0.3 is 0 Å². The molecule has 2 heterocycles. The number of anilines is 1. The predicted octanol–water partition coefficient (Wildman–Crippen LogP) is 2.93. The van der Waals surface area contributed by atoms with Crippen LogP contribution in [0, 0.1) is 6.92 Å². The highest BCUT2D eigenvalue weighted by atomic mass is 32.1. The smallest absolute Gasteiger partial charge is 0.173 e. The molecule has 0 unspecified atom stereocenters. The van der Waals surface area contributed by atoms with Gasteiger partial charge in [-0.25, -0.2) is 0 Å². The molecule has 27 heavy (non-hydrogen) atoms. The lowest BCUT2D eigenvalue weighted by atomic mass is 10.1. The van der Waals surface area contributed by atoms with E-state index in [0.29, 0.717) is 5.56 Å². The molecule has 2 aromatic rings. The highest BCUT2D eigenvalue weighted by molar-refractivity contribution is 7.80. The number of rotatable bonds is 5. The zero-order valence-corrected chi connectivity index (χ0v) is 17.1. The van der Waals surface area contributed by atoms with Crippen molar-refractivity contribution in [2.45, 2.75) is 33.9 Å². The molecule has 0 bridgehead atoms. The second-order valence-electron chi connectivity index (χ2n) is 6.92. The normalized spacial score (nSPS) is 15.0. The molecule has 1 aromatic carbocycles. The second kappa shape index (κ2) is 8.63. The number of thiocarbonyl (C=S) groups is 1. The van der Waals surface area contributed by atoms with Gasteiger partial charge in [0.05, 0.1) is 5.69 Å². The van der Waals surface area contributed by atoms with E-state index in [1.54, 1.807) is 6.92 Å². The fraction of sp³-hybridized carbons (Fsp3) is 0.450. The molecule has 0 atom stereocenters. The Kier molecular flexibility index (Phi) is 6.23. The molecule has 0 radical (unpaired) electrons. The van der Waals surface area contributed by atoms with E-state index in [2.05, 4.69) is 40.3 Å². The first-order chi connectivity index (χ1) is 13.0. The van der Waals surface area contributed by atoms with Crippen LogP contribution in [0.1, 0.15) is 35.5 Å². The van der Waals surface area contributed by atoms with Crippen LogP contribution in [0.4, 0.5) is 5.69 Å². The van der Waals surface area contributed by atoms with Crippen molar-refractivity contribution in [3.63, 3.8) is 0 Å². The van der Waals surface area contributed by atoms with E-state index < -0.39 is 0 Å². The maximum absolute atomic E-state index is 11.4. The van der Waals surface area contributed by atoms with Crippen LogP contribution in [-0.4, -0.2) is 56.7 Å². The number of nitrogens with one attached hydrogen (secondary N) is 1. The fourth-order valence-corrected chi connectivity index (χ4v) is 3.52. The number of Topliss-reactive ketones (excluding diaryl/α,β-unsaturated/α-hetero) is 1. The van der Waals surface area contributed by atoms with Gasteiger partial charge in [0, 0.05) is 62.3 Å². The van der Waals surface area contributed by atoms with E-state index in [0.717, 1.165) is 55.8 Å². The average Bonchev–Trinajstić information content (AvgIpc) is 3.02. The highest BCUT2D eigenvalue weighted by Gasteiger charge is 2.20. The number of ketones is 1. The first kappa shape index (κ1) is 19.5. The number of carbonyl (C=O) groups excluding carboxylic acids is 1. The number of aryl methyl sites for hydroxylation is 2. The minimum Gasteiger partial charge on any atom is -0.346 e. The van der Waals surface area contributed by atoms with Crippen molar-refractivity contribution in [1.29, 1.82) is 0 Å². The number of carbonyl (C=O) groups is 1. The summed E-state index contributed by atoms with van der Waals surface area (Å²) >= 11 is 5.56. The van der Waals surface area contributed by atoms with Crippen molar-refractivity contribution < 1.29 is 4.79 Å². The Morgan fingerprint density at radius 3 is 2.41 bits per heavy atom. The van der Waals surface area contributed by atoms with Crippen molar-refractivity contribution >= 4 is 28.8 Å². The summed E-state index contributed by atoms with van der Waals surface area (Å²) in [6.07, 6.45) is 2.15. The maximum Gasteiger partial charge on any atom is 0.173 e. The van der Waals surface area contributed by atoms with Gasteiger partial charge in [-0.15, -0.1) is 0 Å². The number of aromatic nitrogens is 2. The van der Waals surface area contributed by atoms with Gasteiger partial charge in [-0.3, -0.25) is 14.4 Å². The maximum atomic E-state index is 11.4. The lowest BCUT2D eigenvalue weighted by Crippen LogP contribution is -2.49. The zero-order chi connectivity index (χ0) is 19.4. The summed E-state index contributed by atoms with van der Waals surface area (Å²) in [5.41, 5.74) is 4.04. The summed E-state index contributed by atoms with van der Waals surface area (Å²) in [5, 5.41) is 8.54. The summed E-state index contributed by atoms with van der Waals surface area (Å²) in [4.78, 5) is 16.0. The van der Waals surface area contributed by atoms with Crippen LogP contribution >= 0.6 is 12.2 Å². The molecule has 6 nitrogen and oxygen atoms in total. The Morgan fingerprint density at radius 1 is 1.19 bits per heavy atom. The number of hydrogen-bond donors (Lipinski definition) is 1. The lowest BCUT2D eigenvalue weighted by Gasteiger charge is -2.36. The van der Waals surface area contributed by atoms with Gasteiger partial charge in [0.1, 0.15) is 0 Å². The largest absolute Gasteiger partial charge is 0.346 e. The van der Waals surface area contributed by atoms with E-state index in [-0.39, 0.29) is 5.78 Å². The molecule has 1 aliphatic heterocycles. The first-order valence-corrected chi connectivity index (χ1v) is 9.79. The summed E-state index contributed by atoms with van der Waals surface area (Å²) in [6, 6.07) is 7.44. The van der Waals surface area contributed by atoms with Crippen LogP contribution in [0.15, 0.2) is 30.5 Å². The molecule has 1 fully saturated rings. The molecule has 3 rings (SSSR count). The standard InChI is InChI=1S/C20H27N5OS/c1-4-25-14-18(15(2)22-25)13-23-9-11-24(12-10-23)20(27)21-19-7-5-17(6-8-19)16(3)26/h5-8,14H,4,9-13H2,1-3H3,(H,21,27). The Morgan fingerprint density at radius 2 is 1.85 bits per heavy atom. The van der Waals surface area contributed by atoms with Crippen molar-refractivity contribution in [1.82, 2.24) is 19.6 Å². The van der Waals surface area contributed by atoms with Crippen LogP contribution in [-0.2, 0) is 13.1 Å². The van der Waals surface area contributed by atoms with Gasteiger partial charge in [-0.2, -0.15) is 5.10 Å². The minimum absolute atomic E-state index is 0.0694. The average molecular weight is 386 g/mol. The van der Waals surface area contributed by atoms with Crippen LogP contribution in [0.2, 0.25) is 0 Å². The van der Waals surface area contributed by atoms with E-state index in [4.69, 9.17) is 12.2 Å². The van der Waals surface area contributed by atoms with Gasteiger partial charge in [0.2, 0.25) is 0 Å². The molecule has 1 aliphatic rings. The first-order valence-electron chi connectivity index (χ1n) is 9.38. The molecule has 0 aliphatic carbocycles. The van der Waals surface area contributed by atoms with E-state index in [1.807, 2.05) is 28.9 Å². The minimum atomic E-state index is 0.0694. The second-order valence-corrected chi connectivity index (χ2v) is 7.31. The zero-order valence-electron chi connectivity index (χ0n) is 16.2. The van der Waals surface area contributed by atoms with Gasteiger partial charge in [0.25, 0.3) is 0 Å². The molecular formula is C20H27N5OS. The van der Waals surface area contributed by atoms with Crippen LogP contribution < -0.4 is 5.32 Å². The molecule has 1 aromatic heterocycles. The predicted molar refractivity (Wildman–Crippen MR) is 112 cm³/mol. The Bertz CT molecular complexity index is 806. The van der Waals surface area contributed by atoms with Crippen LogP contribution in [0.5, 0.6) is 0 Å². The van der Waals surface area contributed by atoms with E-state index >= 15 is 0 Å². The third-order valence-electron chi connectivity index (χ3n) is 4.97. The molecule has 144 valence electrons. The van der Waals surface area contributed by atoms with Crippen molar-refractivity contribution in [3.8, 4) is 0 Å². The van der Waals surface area contributed by atoms with Crippen LogP contribution in [0.3, 0.4) is 0 Å². The SMILES string of the molecule is CCn1cc(CN2CCN(C(=S)Nc3ccc(C(C)=O)cc3)CC2)c(C)n1. The summed E-state index contributed by atoms with van der Waals surface area (Å²) in [5.74, 6) is 0.0694. The molecule has 0 amide bonds. The molecule has 0 saturated carbocycles. The monoisotopic (exact) mass is 385 g/mol. The van der Waals surface area contributed by atoms with Gasteiger partial charge in [-0.1, -0.05) is 0 Å². The molecule has 7 heteroatoms. The van der Waals surface area contributed by atoms with E-state index in [9.17, 15) is 4.79 Å². The highest BCUT2D eigenvalue weighted by Crippen LogP contribution is 2.14. The van der Waals surface area contributed by atoms with E-state index in [1.165, 1.54) is 5.56 Å². The summed E-state index contributed by atoms with van der Waals surface area (Å²) in [7, 11) is 0. The van der Waals surface area contributed by atoms with Crippen molar-refractivity contribution in [2.24, 2.45) is 0 Å². The topological polar surface area (TPSA) is 53.4 Å². The Labute approximate surface area is 166 Å². The van der Waals surface area contributed by atoms with Crippen molar-refractivity contribution in [2.75, 3.05) is 31.5 Å². The summed E-state index contributed by atoms with van der Waals surface area (Å²) < 4.78 is 2.00. The third-order valence-corrected chi connectivity index (χ3v) is 5.33. The van der Waals surface area contributed by atoms with Gasteiger partial charge < -0.3 is 10.2 Å². The summed E-state index contributed by atoms with van der Waals surface area (Å²) in [6.45, 7) is 11.3. The molecule has 1 N–H and O–H groups in total. The lowest BCUT2D eigenvalue weighted by molar-refractivity contribution is 0.101. The Balaban J connectivity index is 1.50.